The first-order valence-electron chi connectivity index (χ1n) is 8.71. The molecule has 1 aliphatic rings. The van der Waals surface area contributed by atoms with Gasteiger partial charge in [0.1, 0.15) is 16.8 Å². The van der Waals surface area contributed by atoms with Gasteiger partial charge in [0.05, 0.1) is 11.0 Å². The first-order valence-corrected chi connectivity index (χ1v) is 10.9. The Kier molecular flexibility index (Phi) is 5.42. The largest absolute Gasteiger partial charge is 0.453 e. The number of carbonyl (C=O) groups is 1. The normalized spacial score (nSPS) is 19.3. The predicted octanol–water partition coefficient (Wildman–Crippen LogP) is 5.06. The van der Waals surface area contributed by atoms with Crippen LogP contribution in [0.2, 0.25) is 0 Å². The van der Waals surface area contributed by atoms with Crippen LogP contribution < -0.4 is 0 Å². The second-order valence-electron chi connectivity index (χ2n) is 7.36. The quantitative estimate of drug-likeness (QED) is 0.466. The van der Waals surface area contributed by atoms with Crippen LogP contribution in [0.25, 0.3) is 0 Å². The van der Waals surface area contributed by atoms with Crippen LogP contribution >= 0.6 is 15.9 Å². The van der Waals surface area contributed by atoms with Crippen molar-refractivity contribution < 1.29 is 22.1 Å². The zero-order chi connectivity index (χ0) is 20.7. The molecule has 5 nitrogen and oxygen atoms in total. The molecule has 0 N–H and O–H groups in total. The minimum absolute atomic E-state index is 0.0355. The van der Waals surface area contributed by atoms with Gasteiger partial charge in [-0.05, 0) is 57.5 Å². The molecular formula is C21H21BrO5S. The molecular weight excluding hydrogens is 444 g/mol. The number of esters is 1. The Morgan fingerprint density at radius 1 is 1.00 bits per heavy atom. The topological polar surface area (TPSA) is 69.7 Å². The second kappa shape index (κ2) is 7.37. The average Bonchev–Trinajstić information content (AvgIpc) is 2.63. The number of cyclic esters (lactones) is 1. The Labute approximate surface area is 173 Å². The van der Waals surface area contributed by atoms with Crippen molar-refractivity contribution in [1.82, 2.24) is 0 Å². The molecule has 0 spiro atoms. The number of hydrogen-bond donors (Lipinski definition) is 0. The summed E-state index contributed by atoms with van der Waals surface area (Å²) in [6.07, 6.45) is -0.681. The van der Waals surface area contributed by atoms with Gasteiger partial charge in [-0.15, -0.1) is 0 Å². The summed E-state index contributed by atoms with van der Waals surface area (Å²) in [6, 6.07) is 13.7. The fourth-order valence-electron chi connectivity index (χ4n) is 3.19. The number of carbonyl (C=O) groups excluding carboxylic acids is 1. The number of aryl methyl sites for hydroxylation is 1. The molecule has 0 amide bonds. The molecule has 7 heteroatoms. The highest BCUT2D eigenvalue weighted by atomic mass is 79.9. The summed E-state index contributed by atoms with van der Waals surface area (Å²) in [4.78, 5) is 12.5. The molecule has 1 heterocycles. The molecule has 0 saturated heterocycles. The summed E-state index contributed by atoms with van der Waals surface area (Å²) in [7, 11) is -4.09. The molecule has 1 unspecified atom stereocenters. The molecule has 0 fully saturated rings. The van der Waals surface area contributed by atoms with E-state index in [-0.39, 0.29) is 16.2 Å². The van der Waals surface area contributed by atoms with E-state index in [1.165, 1.54) is 19.1 Å². The third-order valence-corrected chi connectivity index (χ3v) is 6.55. The van der Waals surface area contributed by atoms with Crippen molar-refractivity contribution in [3.05, 3.63) is 75.5 Å². The van der Waals surface area contributed by atoms with Gasteiger partial charge in [0.25, 0.3) is 0 Å². The summed E-state index contributed by atoms with van der Waals surface area (Å²) in [5, 5.41) is 0. The summed E-state index contributed by atoms with van der Waals surface area (Å²) in [5.74, 6) is -0.501. The van der Waals surface area contributed by atoms with Gasteiger partial charge in [-0.3, -0.25) is 0 Å². The molecule has 1 aliphatic heterocycles. The molecule has 0 bridgehead atoms. The Balaban J connectivity index is 2.02. The summed E-state index contributed by atoms with van der Waals surface area (Å²) >= 11 is 3.38. The summed E-state index contributed by atoms with van der Waals surface area (Å²) in [6.45, 7) is 6.99. The van der Waals surface area contributed by atoms with E-state index in [9.17, 15) is 13.2 Å². The van der Waals surface area contributed by atoms with Gasteiger partial charge in [0.2, 0.25) is 0 Å². The first-order chi connectivity index (χ1) is 13.0. The molecule has 0 radical (unpaired) electrons. The molecule has 28 heavy (non-hydrogen) atoms. The third-order valence-electron chi connectivity index (χ3n) is 4.79. The lowest BCUT2D eigenvalue weighted by molar-refractivity contribution is -0.154. The van der Waals surface area contributed by atoms with E-state index in [0.717, 1.165) is 15.6 Å². The fraction of sp³-hybridized carbons (Fsp3) is 0.286. The zero-order valence-corrected chi connectivity index (χ0v) is 18.4. The van der Waals surface area contributed by atoms with Crippen molar-refractivity contribution in [2.45, 2.75) is 38.7 Å². The maximum Gasteiger partial charge on any atom is 0.338 e. The monoisotopic (exact) mass is 464 g/mol. The molecule has 148 valence electrons. The van der Waals surface area contributed by atoms with Gasteiger partial charge in [0.15, 0.2) is 0 Å². The maximum atomic E-state index is 12.8. The summed E-state index contributed by atoms with van der Waals surface area (Å²) < 4.78 is 37.7. The lowest BCUT2D eigenvalue weighted by Crippen LogP contribution is -2.37. The fourth-order valence-corrected chi connectivity index (χ4v) is 4.58. The third kappa shape index (κ3) is 3.86. The van der Waals surface area contributed by atoms with Gasteiger partial charge < -0.3 is 8.92 Å². The van der Waals surface area contributed by atoms with E-state index >= 15 is 0 Å². The standard InChI is InChI=1S/C21H21BrO5S/c1-13-5-11-17(12-6-13)28(24,25)27-18-14(2)20(23)26-19(21(18,3)4)15-7-9-16(22)10-8-15/h5-12,19H,1-4H3. The van der Waals surface area contributed by atoms with Crippen LogP contribution in [0.1, 0.15) is 38.0 Å². The SMILES string of the molecule is CC1=C(OS(=O)(=O)c2ccc(C)cc2)C(C)(C)C(c2ccc(Br)cc2)OC1=O. The highest BCUT2D eigenvalue weighted by Crippen LogP contribution is 2.48. The maximum absolute atomic E-state index is 12.8. The number of ether oxygens (including phenoxy) is 1. The number of hydrogen-bond acceptors (Lipinski definition) is 5. The van der Waals surface area contributed by atoms with Gasteiger partial charge >= 0.3 is 16.1 Å². The number of benzene rings is 2. The number of halogens is 1. The van der Waals surface area contributed by atoms with Crippen LogP contribution in [0.3, 0.4) is 0 Å². The number of rotatable bonds is 4. The van der Waals surface area contributed by atoms with Crippen LogP contribution in [-0.2, 0) is 23.8 Å². The summed E-state index contributed by atoms with van der Waals surface area (Å²) in [5.41, 5.74) is 0.951. The molecule has 0 saturated carbocycles. The van der Waals surface area contributed by atoms with Crippen molar-refractivity contribution in [1.29, 1.82) is 0 Å². The molecule has 0 aliphatic carbocycles. The van der Waals surface area contributed by atoms with Crippen molar-refractivity contribution >= 4 is 32.0 Å². The lowest BCUT2D eigenvalue weighted by atomic mass is 9.77. The van der Waals surface area contributed by atoms with E-state index in [4.69, 9.17) is 8.92 Å². The minimum Gasteiger partial charge on any atom is -0.453 e. The Morgan fingerprint density at radius 2 is 1.57 bits per heavy atom. The van der Waals surface area contributed by atoms with Gasteiger partial charge in [-0.2, -0.15) is 8.42 Å². The van der Waals surface area contributed by atoms with Crippen LogP contribution in [0.4, 0.5) is 0 Å². The minimum atomic E-state index is -4.09. The van der Waals surface area contributed by atoms with E-state index in [0.29, 0.717) is 0 Å². The molecule has 3 rings (SSSR count). The van der Waals surface area contributed by atoms with Crippen LogP contribution in [-0.4, -0.2) is 14.4 Å². The van der Waals surface area contributed by atoms with Crippen LogP contribution in [0.15, 0.2) is 69.2 Å². The van der Waals surface area contributed by atoms with Gasteiger partial charge in [-0.25, -0.2) is 4.79 Å². The Morgan fingerprint density at radius 3 is 2.14 bits per heavy atom. The van der Waals surface area contributed by atoms with Crippen molar-refractivity contribution in [2.24, 2.45) is 5.41 Å². The molecule has 2 aromatic rings. The first kappa shape index (κ1) is 20.6. The van der Waals surface area contributed by atoms with Crippen molar-refractivity contribution in [3.63, 3.8) is 0 Å². The smallest absolute Gasteiger partial charge is 0.338 e. The Bertz CT molecular complexity index is 1040. The average molecular weight is 465 g/mol. The van der Waals surface area contributed by atoms with E-state index in [2.05, 4.69) is 15.9 Å². The molecule has 1 atom stereocenters. The van der Waals surface area contributed by atoms with Crippen molar-refractivity contribution in [3.8, 4) is 0 Å². The highest BCUT2D eigenvalue weighted by Gasteiger charge is 2.46. The van der Waals surface area contributed by atoms with E-state index in [1.54, 1.807) is 26.0 Å². The lowest BCUT2D eigenvalue weighted by Gasteiger charge is -2.39. The van der Waals surface area contributed by atoms with Crippen molar-refractivity contribution in [2.75, 3.05) is 0 Å². The van der Waals surface area contributed by atoms with Crippen LogP contribution in [0, 0.1) is 12.3 Å². The van der Waals surface area contributed by atoms with Crippen LogP contribution in [0.5, 0.6) is 0 Å². The van der Waals surface area contributed by atoms with E-state index in [1.807, 2.05) is 31.2 Å². The second-order valence-corrected chi connectivity index (χ2v) is 9.83. The molecule has 2 aromatic carbocycles. The van der Waals surface area contributed by atoms with E-state index < -0.39 is 27.6 Å². The van der Waals surface area contributed by atoms with Gasteiger partial charge in [-0.1, -0.05) is 45.8 Å². The predicted molar refractivity (Wildman–Crippen MR) is 109 cm³/mol. The molecule has 0 aromatic heterocycles. The van der Waals surface area contributed by atoms with Gasteiger partial charge in [0, 0.05) is 4.47 Å². The zero-order valence-electron chi connectivity index (χ0n) is 16.0. The Hall–Kier alpha value is -2.12. The highest BCUT2D eigenvalue weighted by molar-refractivity contribution is 9.10.